The van der Waals surface area contributed by atoms with E-state index >= 15 is 0 Å². The molecular weight excluding hydrogens is 302 g/mol. The first-order chi connectivity index (χ1) is 10.0. The summed E-state index contributed by atoms with van der Waals surface area (Å²) in [6, 6.07) is -0.699. The Kier molecular flexibility index (Phi) is 11.8. The molecule has 10 heteroatoms. The largest absolute Gasteiger partial charge is 0.480 e. The van der Waals surface area contributed by atoms with Crippen LogP contribution in [0.1, 0.15) is 20.3 Å². The number of nitrogens with two attached hydrogens (primary N) is 1. The number of aliphatic carboxylic acids is 2. The molecule has 0 radical (unpaired) electrons. The first-order valence-corrected chi connectivity index (χ1v) is 6.55. The molecule has 0 aliphatic rings. The van der Waals surface area contributed by atoms with Gasteiger partial charge in [-0.05, 0) is 5.92 Å². The van der Waals surface area contributed by atoms with E-state index in [2.05, 4.69) is 0 Å². The Morgan fingerprint density at radius 3 is 1.68 bits per heavy atom. The van der Waals surface area contributed by atoms with Crippen molar-refractivity contribution in [2.75, 3.05) is 6.61 Å². The van der Waals surface area contributed by atoms with Crippen LogP contribution in [0.25, 0.3) is 0 Å². The molecule has 0 saturated carbocycles. The van der Waals surface area contributed by atoms with Gasteiger partial charge >= 0.3 is 11.9 Å². The number of carbonyl (C=O) groups is 2. The molecule has 22 heavy (non-hydrogen) atoms. The zero-order chi connectivity index (χ0) is 18.0. The molecule has 0 rings (SSSR count). The normalized spacial score (nSPS) is 18.9. The fourth-order valence-corrected chi connectivity index (χ4v) is 1.17. The van der Waals surface area contributed by atoms with Crippen molar-refractivity contribution in [1.29, 1.82) is 0 Å². The van der Waals surface area contributed by atoms with Crippen molar-refractivity contribution in [1.82, 2.24) is 0 Å². The van der Waals surface area contributed by atoms with Crippen LogP contribution >= 0.6 is 0 Å². The Morgan fingerprint density at radius 2 is 1.45 bits per heavy atom. The van der Waals surface area contributed by atoms with Crippen LogP contribution in [0.5, 0.6) is 0 Å². The molecule has 0 spiro atoms. The summed E-state index contributed by atoms with van der Waals surface area (Å²) in [6.45, 7) is 2.91. The zero-order valence-corrected chi connectivity index (χ0v) is 12.4. The summed E-state index contributed by atoms with van der Waals surface area (Å²) in [5, 5.41) is 60.2. The Bertz CT molecular complexity index is 339. The average Bonchev–Trinajstić information content (AvgIpc) is 2.50. The lowest BCUT2D eigenvalue weighted by Gasteiger charge is -2.23. The van der Waals surface area contributed by atoms with Gasteiger partial charge in [0.2, 0.25) is 0 Å². The Morgan fingerprint density at radius 1 is 1.00 bits per heavy atom. The molecule has 0 saturated heterocycles. The molecule has 0 aliphatic carbocycles. The molecule has 0 amide bonds. The molecule has 0 aromatic rings. The standard InChI is InChI=1S/C6H13NO2.C6H12O7/c1-3-4(2)5(7)6(8)9;7-1-2(8)3(9)4(10)5(11)6(12)13/h4-5H,3,7H2,1-2H3,(H,8,9);2-5,7-11H,1H2,(H,12,13)/t;2-,3+,4+,5-/m.1/s1. The molecule has 10 nitrogen and oxygen atoms in total. The number of aliphatic hydroxyl groups excluding tert-OH is 5. The maximum absolute atomic E-state index is 10.2. The number of rotatable bonds is 8. The second-order valence-corrected chi connectivity index (χ2v) is 4.76. The van der Waals surface area contributed by atoms with Crippen molar-refractivity contribution in [2.45, 2.75) is 50.7 Å². The lowest BCUT2D eigenvalue weighted by atomic mass is 10.0. The Hall–Kier alpha value is -1.30. The monoisotopic (exact) mass is 327 g/mol. The fraction of sp³-hybridized carbons (Fsp3) is 0.833. The topological polar surface area (TPSA) is 202 Å². The average molecular weight is 327 g/mol. The van der Waals surface area contributed by atoms with E-state index in [9.17, 15) is 9.59 Å². The van der Waals surface area contributed by atoms with Crippen LogP contribution in [0.15, 0.2) is 0 Å². The molecule has 0 aromatic heterocycles. The van der Waals surface area contributed by atoms with Gasteiger partial charge in [-0.1, -0.05) is 20.3 Å². The smallest absolute Gasteiger partial charge is 0.335 e. The molecule has 132 valence electrons. The van der Waals surface area contributed by atoms with E-state index in [0.717, 1.165) is 6.42 Å². The van der Waals surface area contributed by atoms with Crippen LogP contribution < -0.4 is 5.73 Å². The predicted molar refractivity (Wildman–Crippen MR) is 73.8 cm³/mol. The highest BCUT2D eigenvalue weighted by Crippen LogP contribution is 2.05. The predicted octanol–water partition coefficient (Wildman–Crippen LogP) is -3.05. The van der Waals surface area contributed by atoms with Gasteiger partial charge in [-0.2, -0.15) is 0 Å². The van der Waals surface area contributed by atoms with E-state index in [1.807, 2.05) is 13.8 Å². The third-order valence-electron chi connectivity index (χ3n) is 3.05. The highest BCUT2D eigenvalue weighted by molar-refractivity contribution is 5.73. The third-order valence-corrected chi connectivity index (χ3v) is 3.05. The molecule has 0 fully saturated rings. The lowest BCUT2D eigenvalue weighted by molar-refractivity contribution is -0.164. The number of carboxylic acid groups (broad SMARTS) is 2. The number of hydrogen-bond donors (Lipinski definition) is 8. The van der Waals surface area contributed by atoms with Crippen LogP contribution in [0.2, 0.25) is 0 Å². The maximum atomic E-state index is 10.2. The minimum absolute atomic E-state index is 0.0718. The van der Waals surface area contributed by atoms with Crippen molar-refractivity contribution in [2.24, 2.45) is 11.7 Å². The van der Waals surface area contributed by atoms with E-state index < -0.39 is 49.0 Å². The molecular formula is C12H25NO9. The Labute approximate surface area is 127 Å². The number of aliphatic hydroxyl groups is 5. The van der Waals surface area contributed by atoms with Gasteiger partial charge in [0.25, 0.3) is 0 Å². The highest BCUT2D eigenvalue weighted by Gasteiger charge is 2.33. The minimum Gasteiger partial charge on any atom is -0.480 e. The van der Waals surface area contributed by atoms with Gasteiger partial charge in [0.05, 0.1) is 6.61 Å². The summed E-state index contributed by atoms with van der Waals surface area (Å²) in [5.74, 6) is -2.57. The molecule has 6 atom stereocenters. The lowest BCUT2D eigenvalue weighted by Crippen LogP contribution is -2.48. The molecule has 0 aliphatic heterocycles. The van der Waals surface area contributed by atoms with Crippen LogP contribution in [-0.4, -0.2) is 84.7 Å². The van der Waals surface area contributed by atoms with Gasteiger partial charge in [0.15, 0.2) is 6.10 Å². The van der Waals surface area contributed by atoms with E-state index in [1.165, 1.54) is 0 Å². The molecule has 0 bridgehead atoms. The third kappa shape index (κ3) is 8.22. The molecule has 2 unspecified atom stereocenters. The van der Waals surface area contributed by atoms with Crippen molar-refractivity contribution >= 4 is 11.9 Å². The van der Waals surface area contributed by atoms with Crippen LogP contribution in [0, 0.1) is 5.92 Å². The maximum Gasteiger partial charge on any atom is 0.335 e. The van der Waals surface area contributed by atoms with Gasteiger partial charge in [-0.3, -0.25) is 4.79 Å². The van der Waals surface area contributed by atoms with E-state index in [4.69, 9.17) is 41.5 Å². The van der Waals surface area contributed by atoms with Gasteiger partial charge < -0.3 is 41.5 Å². The van der Waals surface area contributed by atoms with Gasteiger partial charge in [-0.25, -0.2) is 4.79 Å². The van der Waals surface area contributed by atoms with Crippen molar-refractivity contribution in [3.63, 3.8) is 0 Å². The highest BCUT2D eigenvalue weighted by atomic mass is 16.4. The quantitative estimate of drug-likeness (QED) is 0.226. The summed E-state index contributed by atoms with van der Waals surface area (Å²) in [6.07, 6.45) is -7.02. The zero-order valence-electron chi connectivity index (χ0n) is 12.4. The second-order valence-electron chi connectivity index (χ2n) is 4.76. The summed E-state index contributed by atoms with van der Waals surface area (Å²) >= 11 is 0. The van der Waals surface area contributed by atoms with Gasteiger partial charge in [0.1, 0.15) is 24.4 Å². The minimum atomic E-state index is -2.20. The molecule has 9 N–H and O–H groups in total. The molecule has 0 aromatic carbocycles. The van der Waals surface area contributed by atoms with Gasteiger partial charge in [-0.15, -0.1) is 0 Å². The summed E-state index contributed by atoms with van der Waals surface area (Å²) in [4.78, 5) is 20.3. The van der Waals surface area contributed by atoms with E-state index in [0.29, 0.717) is 0 Å². The molecule has 0 heterocycles. The number of hydrogen-bond acceptors (Lipinski definition) is 8. The Balaban J connectivity index is 0. The first kappa shape index (κ1) is 23.0. The van der Waals surface area contributed by atoms with Crippen LogP contribution in [0.3, 0.4) is 0 Å². The summed E-state index contributed by atoms with van der Waals surface area (Å²) in [5.41, 5.74) is 5.27. The van der Waals surface area contributed by atoms with Crippen molar-refractivity contribution in [3.8, 4) is 0 Å². The summed E-state index contributed by atoms with van der Waals surface area (Å²) < 4.78 is 0. The van der Waals surface area contributed by atoms with E-state index in [1.54, 1.807) is 0 Å². The van der Waals surface area contributed by atoms with Crippen LogP contribution in [-0.2, 0) is 9.59 Å². The first-order valence-electron chi connectivity index (χ1n) is 6.55. The van der Waals surface area contributed by atoms with Gasteiger partial charge in [0, 0.05) is 0 Å². The summed E-state index contributed by atoms with van der Waals surface area (Å²) in [7, 11) is 0. The van der Waals surface area contributed by atoms with Crippen LogP contribution in [0.4, 0.5) is 0 Å². The fourth-order valence-electron chi connectivity index (χ4n) is 1.17. The number of carboxylic acids is 2. The van der Waals surface area contributed by atoms with Crippen molar-refractivity contribution < 1.29 is 45.3 Å². The van der Waals surface area contributed by atoms with Crippen molar-refractivity contribution in [3.05, 3.63) is 0 Å². The van der Waals surface area contributed by atoms with E-state index in [-0.39, 0.29) is 5.92 Å². The SMILES string of the molecule is CCC(C)C(N)C(=O)O.O=C(O)[C@H](O)[C@@H](O)[C@@H](O)[C@H](O)CO. The second kappa shape index (κ2) is 11.3.